The van der Waals surface area contributed by atoms with Gasteiger partial charge in [-0.15, -0.1) is 0 Å². The Morgan fingerprint density at radius 2 is 1.89 bits per heavy atom. The summed E-state index contributed by atoms with van der Waals surface area (Å²) in [6, 6.07) is 9.57. The fraction of sp³-hybridized carbons (Fsp3) is 0.500. The maximum absolute atomic E-state index is 11.9. The van der Waals surface area contributed by atoms with Gasteiger partial charge in [0.2, 0.25) is 0 Å². The van der Waals surface area contributed by atoms with Gasteiger partial charge in [-0.05, 0) is 25.8 Å². The number of rotatable bonds is 3. The van der Waals surface area contributed by atoms with Crippen molar-refractivity contribution in [2.24, 2.45) is 0 Å². The van der Waals surface area contributed by atoms with Crippen molar-refractivity contribution in [1.82, 2.24) is 4.90 Å². The third-order valence-corrected chi connectivity index (χ3v) is 3.92. The number of carbonyl (C=O) groups excluding carboxylic acids is 1. The molecule has 1 aliphatic rings. The summed E-state index contributed by atoms with van der Waals surface area (Å²) >= 11 is 0. The van der Waals surface area contributed by atoms with Crippen molar-refractivity contribution < 1.29 is 14.6 Å². The van der Waals surface area contributed by atoms with Gasteiger partial charge in [-0.25, -0.2) is 4.79 Å². The summed E-state index contributed by atoms with van der Waals surface area (Å²) in [5.41, 5.74) is -1.19. The Bertz CT molecular complexity index is 444. The minimum Gasteiger partial charge on any atom is -0.438 e. The quantitative estimate of drug-likeness (QED) is 0.895. The van der Waals surface area contributed by atoms with Crippen LogP contribution in [0.1, 0.15) is 32.8 Å². The highest BCUT2D eigenvalue weighted by Crippen LogP contribution is 2.40. The van der Waals surface area contributed by atoms with Gasteiger partial charge in [0.15, 0.2) is 11.3 Å². The summed E-state index contributed by atoms with van der Waals surface area (Å²) in [4.78, 5) is 13.3. The van der Waals surface area contributed by atoms with Crippen LogP contribution in [0.3, 0.4) is 0 Å². The van der Waals surface area contributed by atoms with Crippen LogP contribution in [-0.4, -0.2) is 27.4 Å². The molecule has 1 N–H and O–H groups in total. The lowest BCUT2D eigenvalue weighted by Crippen LogP contribution is -2.54. The molecule has 98 valence electrons. The summed E-state index contributed by atoms with van der Waals surface area (Å²) < 4.78 is 5.34. The Labute approximate surface area is 107 Å². The second kappa shape index (κ2) is 4.28. The number of hydrogen-bond donors (Lipinski definition) is 1. The van der Waals surface area contributed by atoms with E-state index in [2.05, 4.69) is 0 Å². The van der Waals surface area contributed by atoms with Gasteiger partial charge in [-0.2, -0.15) is 0 Å². The van der Waals surface area contributed by atoms with Gasteiger partial charge in [0.1, 0.15) is 0 Å². The Kier molecular flexibility index (Phi) is 3.07. The first-order valence-corrected chi connectivity index (χ1v) is 6.17. The third-order valence-electron chi connectivity index (χ3n) is 3.92. The van der Waals surface area contributed by atoms with Crippen LogP contribution in [0, 0.1) is 0 Å². The van der Waals surface area contributed by atoms with Gasteiger partial charge in [-0.1, -0.05) is 37.3 Å². The van der Waals surface area contributed by atoms with Gasteiger partial charge in [0, 0.05) is 0 Å². The number of cyclic esters (lactones) is 1. The highest BCUT2D eigenvalue weighted by molar-refractivity contribution is 5.72. The number of aliphatic hydroxyl groups is 1. The van der Waals surface area contributed by atoms with Crippen molar-refractivity contribution in [3.8, 4) is 0 Å². The summed E-state index contributed by atoms with van der Waals surface area (Å²) in [5, 5.41) is 10.6. The Balaban J connectivity index is 2.26. The largest absolute Gasteiger partial charge is 0.438 e. The molecule has 0 aliphatic carbocycles. The highest BCUT2D eigenvalue weighted by Gasteiger charge is 2.58. The van der Waals surface area contributed by atoms with Crippen molar-refractivity contribution in [2.75, 3.05) is 0 Å². The van der Waals surface area contributed by atoms with Gasteiger partial charge in [-0.3, -0.25) is 4.90 Å². The van der Waals surface area contributed by atoms with E-state index in [9.17, 15) is 9.90 Å². The van der Waals surface area contributed by atoms with Crippen molar-refractivity contribution in [1.29, 1.82) is 0 Å². The lowest BCUT2D eigenvalue weighted by Gasteiger charge is -2.36. The van der Waals surface area contributed by atoms with E-state index in [0.717, 1.165) is 5.56 Å². The zero-order valence-electron chi connectivity index (χ0n) is 11.0. The zero-order chi connectivity index (χ0) is 13.4. The predicted octanol–water partition coefficient (Wildman–Crippen LogP) is 2.52. The maximum Gasteiger partial charge on any atom is 0.413 e. The monoisotopic (exact) mass is 249 g/mol. The van der Waals surface area contributed by atoms with E-state index in [1.54, 1.807) is 13.8 Å². The standard InChI is InChI=1S/C14H19NO3/c1-4-13(2)14(3,17)15(12(16)18-13)10-11-8-6-5-7-9-11/h5-9,17H,4,10H2,1-3H3/t13-,14-/m0/s1. The molecule has 4 nitrogen and oxygen atoms in total. The van der Waals surface area contributed by atoms with Crippen molar-refractivity contribution in [2.45, 2.75) is 45.1 Å². The molecule has 4 heteroatoms. The topological polar surface area (TPSA) is 49.8 Å². The van der Waals surface area contributed by atoms with E-state index in [1.165, 1.54) is 4.90 Å². The van der Waals surface area contributed by atoms with Crippen LogP contribution in [-0.2, 0) is 11.3 Å². The maximum atomic E-state index is 11.9. The minimum atomic E-state index is -1.30. The van der Waals surface area contributed by atoms with Crippen LogP contribution < -0.4 is 0 Å². The molecule has 1 heterocycles. The van der Waals surface area contributed by atoms with Crippen molar-refractivity contribution >= 4 is 6.09 Å². The first-order chi connectivity index (χ1) is 8.40. The first kappa shape index (κ1) is 12.9. The van der Waals surface area contributed by atoms with E-state index in [-0.39, 0.29) is 0 Å². The van der Waals surface area contributed by atoms with Gasteiger partial charge >= 0.3 is 6.09 Å². The Hall–Kier alpha value is -1.55. The molecule has 0 saturated carbocycles. The number of carbonyl (C=O) groups is 1. The second-order valence-electron chi connectivity index (χ2n) is 5.04. The molecule has 2 rings (SSSR count). The first-order valence-electron chi connectivity index (χ1n) is 6.17. The highest BCUT2D eigenvalue weighted by atomic mass is 16.6. The number of benzene rings is 1. The van der Waals surface area contributed by atoms with Gasteiger partial charge in [0.25, 0.3) is 0 Å². The lowest BCUT2D eigenvalue weighted by molar-refractivity contribution is -0.139. The average Bonchev–Trinajstić information content (AvgIpc) is 2.51. The van der Waals surface area contributed by atoms with Crippen LogP contribution in [0.15, 0.2) is 30.3 Å². The summed E-state index contributed by atoms with van der Waals surface area (Å²) in [5.74, 6) is 0. The third kappa shape index (κ3) is 1.86. The van der Waals surface area contributed by atoms with E-state index >= 15 is 0 Å². The molecule has 1 amide bonds. The van der Waals surface area contributed by atoms with Crippen LogP contribution >= 0.6 is 0 Å². The smallest absolute Gasteiger partial charge is 0.413 e. The Morgan fingerprint density at radius 3 is 2.39 bits per heavy atom. The van der Waals surface area contributed by atoms with Crippen LogP contribution in [0.4, 0.5) is 4.79 Å². The molecule has 1 aliphatic heterocycles. The molecule has 1 fully saturated rings. The normalized spacial score (nSPS) is 31.6. The number of nitrogens with zero attached hydrogens (tertiary/aromatic N) is 1. The molecule has 1 saturated heterocycles. The molecule has 2 atom stereocenters. The number of hydrogen-bond acceptors (Lipinski definition) is 3. The van der Waals surface area contributed by atoms with Crippen molar-refractivity contribution in [3.63, 3.8) is 0 Å². The molecule has 0 unspecified atom stereocenters. The zero-order valence-corrected chi connectivity index (χ0v) is 11.0. The molecule has 0 bridgehead atoms. The number of ether oxygens (including phenoxy) is 1. The average molecular weight is 249 g/mol. The van der Waals surface area contributed by atoms with Crippen LogP contribution in [0.25, 0.3) is 0 Å². The molecule has 1 aromatic rings. The molecule has 0 radical (unpaired) electrons. The summed E-state index contributed by atoms with van der Waals surface area (Å²) in [6.07, 6.45) is 0.102. The van der Waals surface area contributed by atoms with Crippen molar-refractivity contribution in [3.05, 3.63) is 35.9 Å². The molecule has 0 spiro atoms. The minimum absolute atomic E-state index is 0.349. The summed E-state index contributed by atoms with van der Waals surface area (Å²) in [7, 11) is 0. The summed E-state index contributed by atoms with van der Waals surface area (Å²) in [6.45, 7) is 5.64. The Morgan fingerprint density at radius 1 is 1.28 bits per heavy atom. The lowest BCUT2D eigenvalue weighted by atomic mass is 9.90. The molecular weight excluding hydrogens is 230 g/mol. The predicted molar refractivity (Wildman–Crippen MR) is 67.8 cm³/mol. The number of amides is 1. The van der Waals surface area contributed by atoms with E-state index in [0.29, 0.717) is 13.0 Å². The molecule has 1 aromatic carbocycles. The molecule has 18 heavy (non-hydrogen) atoms. The molecule has 0 aromatic heterocycles. The molecular formula is C14H19NO3. The van der Waals surface area contributed by atoms with E-state index in [4.69, 9.17) is 4.74 Å². The fourth-order valence-electron chi connectivity index (χ4n) is 2.20. The van der Waals surface area contributed by atoms with Gasteiger partial charge < -0.3 is 9.84 Å². The van der Waals surface area contributed by atoms with E-state index < -0.39 is 17.4 Å². The fourth-order valence-corrected chi connectivity index (χ4v) is 2.20. The van der Waals surface area contributed by atoms with Crippen LogP contribution in [0.5, 0.6) is 0 Å². The van der Waals surface area contributed by atoms with E-state index in [1.807, 2.05) is 37.3 Å². The van der Waals surface area contributed by atoms with Gasteiger partial charge in [0.05, 0.1) is 6.54 Å². The van der Waals surface area contributed by atoms with Crippen LogP contribution in [0.2, 0.25) is 0 Å². The SMILES string of the molecule is CC[C@]1(C)OC(=O)N(Cc2ccccc2)[C@@]1(C)O. The second-order valence-corrected chi connectivity index (χ2v) is 5.04.